The molecule has 3 heterocycles. The van der Waals surface area contributed by atoms with E-state index in [0.29, 0.717) is 28.9 Å². The van der Waals surface area contributed by atoms with E-state index >= 15 is 0 Å². The number of nitrogen functional groups attached to an aromatic ring is 1. The first-order valence-corrected chi connectivity index (χ1v) is 15.1. The van der Waals surface area contributed by atoms with Crippen molar-refractivity contribution in [3.8, 4) is 5.75 Å². The fourth-order valence-corrected chi connectivity index (χ4v) is 6.34. The number of para-hydroxylation sites is 2. The van der Waals surface area contributed by atoms with Crippen molar-refractivity contribution in [2.24, 2.45) is 5.73 Å². The maximum absolute atomic E-state index is 13.5. The van der Waals surface area contributed by atoms with Gasteiger partial charge >= 0.3 is 0 Å². The third-order valence-electron chi connectivity index (χ3n) is 7.69. The molecule has 0 aliphatic carbocycles. The van der Waals surface area contributed by atoms with Gasteiger partial charge in [-0.1, -0.05) is 36.4 Å². The molecule has 1 fully saturated rings. The standard InChI is InChI=1S/C33H31N5O5S/c1-19(29-14-21(18-44-29)31(34)35)37-33(41)26-15-23(42-22-7-3-2-4-8-22)17-38(26)30(39)16-36-32(40)20-11-12-28-25(13-20)24-9-5-6-10-27(24)43-28/h2-14,18-19,23,26H,15-17H2,1H3,(H3,34,35)(H,36,40)(H,37,41)/t19-,23-,26+/m1/s1. The predicted octanol–water partition coefficient (Wildman–Crippen LogP) is 4.59. The van der Waals surface area contributed by atoms with Crippen LogP contribution in [0.2, 0.25) is 0 Å². The van der Waals surface area contributed by atoms with Crippen molar-refractivity contribution in [3.63, 3.8) is 0 Å². The second-order valence-corrected chi connectivity index (χ2v) is 11.7. The Hall–Kier alpha value is -5.16. The van der Waals surface area contributed by atoms with Crippen molar-refractivity contribution in [1.29, 1.82) is 5.41 Å². The van der Waals surface area contributed by atoms with Gasteiger partial charge in [0.2, 0.25) is 11.8 Å². The van der Waals surface area contributed by atoms with Crippen molar-refractivity contribution < 1.29 is 23.5 Å². The summed E-state index contributed by atoms with van der Waals surface area (Å²) in [7, 11) is 0. The van der Waals surface area contributed by atoms with Gasteiger partial charge in [0, 0.05) is 38.6 Å². The van der Waals surface area contributed by atoms with E-state index in [1.807, 2.05) is 61.5 Å². The van der Waals surface area contributed by atoms with Crippen molar-refractivity contribution in [2.45, 2.75) is 31.5 Å². The van der Waals surface area contributed by atoms with Crippen LogP contribution >= 0.6 is 11.3 Å². The van der Waals surface area contributed by atoms with Crippen LogP contribution in [0.1, 0.15) is 40.2 Å². The lowest BCUT2D eigenvalue weighted by molar-refractivity contribution is -0.138. The maximum atomic E-state index is 13.5. The van der Waals surface area contributed by atoms with Crippen LogP contribution in [0.5, 0.6) is 5.75 Å². The molecule has 6 rings (SSSR count). The number of amidine groups is 1. The van der Waals surface area contributed by atoms with Gasteiger partial charge in [0.05, 0.1) is 19.1 Å². The highest BCUT2D eigenvalue weighted by molar-refractivity contribution is 7.10. The Balaban J connectivity index is 1.15. The first-order valence-electron chi connectivity index (χ1n) is 14.2. The Bertz CT molecular complexity index is 1870. The molecule has 0 bridgehead atoms. The summed E-state index contributed by atoms with van der Waals surface area (Å²) in [5, 5.41) is 16.8. The third kappa shape index (κ3) is 6.00. The van der Waals surface area contributed by atoms with Crippen LogP contribution in [0.3, 0.4) is 0 Å². The summed E-state index contributed by atoms with van der Waals surface area (Å²) in [5.41, 5.74) is 7.99. The minimum atomic E-state index is -0.795. The van der Waals surface area contributed by atoms with Crippen molar-refractivity contribution in [2.75, 3.05) is 13.1 Å². The molecule has 11 heteroatoms. The minimum Gasteiger partial charge on any atom is -0.488 e. The van der Waals surface area contributed by atoms with Crippen molar-refractivity contribution >= 4 is 56.8 Å². The number of hydrogen-bond donors (Lipinski definition) is 4. The van der Waals surface area contributed by atoms with Gasteiger partial charge < -0.3 is 30.4 Å². The van der Waals surface area contributed by atoms with Crippen molar-refractivity contribution in [1.82, 2.24) is 15.5 Å². The summed E-state index contributed by atoms with van der Waals surface area (Å²) in [4.78, 5) is 42.4. The van der Waals surface area contributed by atoms with Gasteiger partial charge in [0.1, 0.15) is 34.9 Å². The molecule has 0 saturated carbocycles. The molecular formula is C33H31N5O5S. The summed E-state index contributed by atoms with van der Waals surface area (Å²) in [6, 6.07) is 22.6. The lowest BCUT2D eigenvalue weighted by Gasteiger charge is -2.25. The maximum Gasteiger partial charge on any atom is 0.251 e. The van der Waals surface area contributed by atoms with E-state index in [4.69, 9.17) is 20.3 Å². The second-order valence-electron chi connectivity index (χ2n) is 10.7. The van der Waals surface area contributed by atoms with Crippen LogP contribution < -0.4 is 21.1 Å². The SMILES string of the molecule is C[C@@H](NC(=O)[C@@H]1C[C@@H](Oc2ccccc2)CN1C(=O)CNC(=O)c1ccc2oc3ccccc3c2c1)c1cc(C(=N)N)cs1. The highest BCUT2D eigenvalue weighted by Crippen LogP contribution is 2.29. The molecule has 224 valence electrons. The number of furan rings is 1. The molecule has 5 N–H and O–H groups in total. The zero-order valence-electron chi connectivity index (χ0n) is 23.9. The fraction of sp³-hybridized carbons (Fsp3) is 0.212. The van der Waals surface area contributed by atoms with Crippen LogP contribution in [0.15, 0.2) is 88.7 Å². The van der Waals surface area contributed by atoms with Gasteiger partial charge in [-0.25, -0.2) is 0 Å². The Morgan fingerprint density at radius 3 is 2.55 bits per heavy atom. The van der Waals surface area contributed by atoms with Crippen molar-refractivity contribution in [3.05, 3.63) is 100 Å². The van der Waals surface area contributed by atoms with Gasteiger partial charge in [-0.05, 0) is 49.4 Å². The van der Waals surface area contributed by atoms with Gasteiger partial charge in [0.25, 0.3) is 5.91 Å². The number of thiophene rings is 1. The van der Waals surface area contributed by atoms with Crippen LogP contribution in [0, 0.1) is 5.41 Å². The van der Waals surface area contributed by atoms with Gasteiger partial charge in [-0.2, -0.15) is 0 Å². The number of amides is 3. The molecule has 2 aromatic heterocycles. The summed E-state index contributed by atoms with van der Waals surface area (Å²) < 4.78 is 12.0. The number of ether oxygens (including phenoxy) is 1. The van der Waals surface area contributed by atoms with E-state index in [-0.39, 0.29) is 30.9 Å². The molecule has 0 unspecified atom stereocenters. The van der Waals surface area contributed by atoms with Crippen LogP contribution in [-0.2, 0) is 9.59 Å². The van der Waals surface area contributed by atoms with Gasteiger partial charge in [-0.3, -0.25) is 19.8 Å². The lowest BCUT2D eigenvalue weighted by Crippen LogP contribution is -2.49. The first-order chi connectivity index (χ1) is 21.3. The lowest BCUT2D eigenvalue weighted by atomic mass is 10.1. The smallest absolute Gasteiger partial charge is 0.251 e. The number of hydrogen-bond acceptors (Lipinski definition) is 7. The number of benzene rings is 3. The zero-order chi connectivity index (χ0) is 30.8. The molecule has 0 spiro atoms. The molecular weight excluding hydrogens is 578 g/mol. The first kappa shape index (κ1) is 28.9. The molecule has 44 heavy (non-hydrogen) atoms. The highest BCUT2D eigenvalue weighted by Gasteiger charge is 2.41. The molecule has 1 aliphatic heterocycles. The van der Waals surface area contributed by atoms with Crippen LogP contribution in [0.25, 0.3) is 21.9 Å². The van der Waals surface area contributed by atoms with E-state index in [9.17, 15) is 14.4 Å². The Morgan fingerprint density at radius 1 is 1.02 bits per heavy atom. The molecule has 10 nitrogen and oxygen atoms in total. The Kier molecular flexibility index (Phi) is 8.03. The molecule has 3 atom stereocenters. The molecule has 5 aromatic rings. The number of nitrogens with one attached hydrogen (secondary N) is 3. The normalized spacial score (nSPS) is 17.0. The van der Waals surface area contributed by atoms with E-state index in [0.717, 1.165) is 21.2 Å². The number of carbonyl (C=O) groups is 3. The van der Waals surface area contributed by atoms with E-state index in [1.165, 1.54) is 16.2 Å². The zero-order valence-corrected chi connectivity index (χ0v) is 24.7. The monoisotopic (exact) mass is 609 g/mol. The highest BCUT2D eigenvalue weighted by atomic mass is 32.1. The number of likely N-dealkylation sites (tertiary alicyclic amines) is 1. The largest absolute Gasteiger partial charge is 0.488 e. The molecule has 3 amide bonds. The van der Waals surface area contributed by atoms with Gasteiger partial charge in [-0.15, -0.1) is 11.3 Å². The molecule has 1 aliphatic rings. The molecule has 0 radical (unpaired) electrons. The summed E-state index contributed by atoms with van der Waals surface area (Å²) in [5.74, 6) is -0.526. The fourth-order valence-electron chi connectivity index (χ4n) is 5.43. The number of nitrogens with two attached hydrogens (primary N) is 1. The summed E-state index contributed by atoms with van der Waals surface area (Å²) >= 11 is 1.40. The molecule has 3 aromatic carbocycles. The van der Waals surface area contributed by atoms with E-state index in [2.05, 4.69) is 10.6 Å². The summed E-state index contributed by atoms with van der Waals surface area (Å²) in [6.45, 7) is 1.75. The predicted molar refractivity (Wildman–Crippen MR) is 169 cm³/mol. The molecule has 1 saturated heterocycles. The van der Waals surface area contributed by atoms with E-state index < -0.39 is 24.0 Å². The van der Waals surface area contributed by atoms with Crippen LogP contribution in [0.4, 0.5) is 0 Å². The number of rotatable bonds is 9. The average molecular weight is 610 g/mol. The average Bonchev–Trinajstić information content (AvgIpc) is 3.77. The number of fused-ring (bicyclic) bond motifs is 3. The topological polar surface area (TPSA) is 151 Å². The van der Waals surface area contributed by atoms with E-state index in [1.54, 1.807) is 29.6 Å². The van der Waals surface area contributed by atoms with Gasteiger partial charge in [0.15, 0.2) is 0 Å². The second kappa shape index (κ2) is 12.2. The number of carbonyl (C=O) groups excluding carboxylic acids is 3. The summed E-state index contributed by atoms with van der Waals surface area (Å²) in [6.07, 6.45) is -0.119. The third-order valence-corrected chi connectivity index (χ3v) is 8.80. The minimum absolute atomic E-state index is 0.0421. The quantitative estimate of drug-likeness (QED) is 0.142. The number of nitrogens with zero attached hydrogens (tertiary/aromatic N) is 1. The van der Waals surface area contributed by atoms with Crippen LogP contribution in [-0.4, -0.2) is 53.7 Å². The Labute approximate surface area is 257 Å². The Morgan fingerprint density at radius 2 is 1.77 bits per heavy atom.